The van der Waals surface area contributed by atoms with Crippen LogP contribution in [0.1, 0.15) is 19.8 Å². The first-order valence-electron chi connectivity index (χ1n) is 4.68. The molecule has 3 unspecified atom stereocenters. The van der Waals surface area contributed by atoms with Gasteiger partial charge in [0.1, 0.15) is 5.72 Å². The van der Waals surface area contributed by atoms with Crippen molar-refractivity contribution < 1.29 is 9.53 Å². The molecule has 2 aliphatic rings. The molecule has 3 atom stereocenters. The zero-order valence-electron chi connectivity index (χ0n) is 8.04. The predicted octanol–water partition coefficient (Wildman–Crippen LogP) is 1.06. The second-order valence-electron chi connectivity index (χ2n) is 3.97. The van der Waals surface area contributed by atoms with E-state index in [1.54, 1.807) is 7.11 Å². The maximum absolute atomic E-state index is 11.0. The standard InChI is InChI=1S/C10H15NO2/c1-7(12)11-10(13-2)6-8-3-4-9(10)5-8/h3-4,8-9H,5-6H2,1-2H3,(H,11,12). The molecule has 0 saturated heterocycles. The van der Waals surface area contributed by atoms with Crippen molar-refractivity contribution >= 4 is 5.91 Å². The van der Waals surface area contributed by atoms with Gasteiger partial charge in [-0.15, -0.1) is 0 Å². The van der Waals surface area contributed by atoms with E-state index in [2.05, 4.69) is 17.5 Å². The van der Waals surface area contributed by atoms with E-state index in [1.807, 2.05) is 0 Å². The summed E-state index contributed by atoms with van der Waals surface area (Å²) < 4.78 is 5.46. The monoisotopic (exact) mass is 181 g/mol. The van der Waals surface area contributed by atoms with Crippen LogP contribution in [0.5, 0.6) is 0 Å². The SMILES string of the molecule is COC1(NC(C)=O)CC2C=CC1C2. The van der Waals surface area contributed by atoms with E-state index >= 15 is 0 Å². The van der Waals surface area contributed by atoms with Gasteiger partial charge in [-0.2, -0.15) is 0 Å². The van der Waals surface area contributed by atoms with Gasteiger partial charge < -0.3 is 10.1 Å². The zero-order valence-corrected chi connectivity index (χ0v) is 8.04. The quantitative estimate of drug-likeness (QED) is 0.511. The second kappa shape index (κ2) is 2.84. The van der Waals surface area contributed by atoms with E-state index in [1.165, 1.54) is 6.92 Å². The van der Waals surface area contributed by atoms with Gasteiger partial charge in [0.05, 0.1) is 0 Å². The van der Waals surface area contributed by atoms with Gasteiger partial charge >= 0.3 is 0 Å². The van der Waals surface area contributed by atoms with Gasteiger partial charge in [0.25, 0.3) is 0 Å². The van der Waals surface area contributed by atoms with E-state index < -0.39 is 5.72 Å². The van der Waals surface area contributed by atoms with Gasteiger partial charge in [-0.1, -0.05) is 12.2 Å². The lowest BCUT2D eigenvalue weighted by atomic mass is 9.96. The number of amides is 1. The third kappa shape index (κ3) is 1.27. The summed E-state index contributed by atoms with van der Waals surface area (Å²) in [5.41, 5.74) is -0.411. The topological polar surface area (TPSA) is 38.3 Å². The van der Waals surface area contributed by atoms with Crippen molar-refractivity contribution in [2.24, 2.45) is 11.8 Å². The highest BCUT2D eigenvalue weighted by molar-refractivity contribution is 5.73. The number of nitrogens with one attached hydrogen (secondary N) is 1. The summed E-state index contributed by atoms with van der Waals surface area (Å²) in [6.07, 6.45) is 6.43. The Hall–Kier alpha value is -0.830. The molecule has 2 bridgehead atoms. The number of ether oxygens (including phenoxy) is 1. The van der Waals surface area contributed by atoms with Crippen LogP contribution in [0.3, 0.4) is 0 Å². The summed E-state index contributed by atoms with van der Waals surface area (Å²) >= 11 is 0. The van der Waals surface area contributed by atoms with Crippen LogP contribution in [0.4, 0.5) is 0 Å². The Morgan fingerprint density at radius 2 is 2.38 bits per heavy atom. The fourth-order valence-corrected chi connectivity index (χ4v) is 2.54. The van der Waals surface area contributed by atoms with E-state index in [9.17, 15) is 4.79 Å². The molecule has 72 valence electrons. The van der Waals surface area contributed by atoms with Gasteiger partial charge in [0, 0.05) is 26.4 Å². The van der Waals surface area contributed by atoms with E-state index in [4.69, 9.17) is 4.74 Å². The number of methoxy groups -OCH3 is 1. The Morgan fingerprint density at radius 1 is 1.62 bits per heavy atom. The minimum Gasteiger partial charge on any atom is -0.358 e. The summed E-state index contributed by atoms with van der Waals surface area (Å²) in [7, 11) is 1.67. The minimum atomic E-state index is -0.411. The Kier molecular flexibility index (Phi) is 1.91. The average Bonchev–Trinajstić information content (AvgIpc) is 2.62. The molecule has 3 heteroatoms. The van der Waals surface area contributed by atoms with E-state index in [0.717, 1.165) is 12.8 Å². The molecule has 1 saturated carbocycles. The lowest BCUT2D eigenvalue weighted by molar-refractivity contribution is -0.131. The molecule has 0 aromatic carbocycles. The van der Waals surface area contributed by atoms with Gasteiger partial charge in [-0.3, -0.25) is 4.79 Å². The van der Waals surface area contributed by atoms with Crippen LogP contribution in [-0.2, 0) is 9.53 Å². The van der Waals surface area contributed by atoms with Gasteiger partial charge in [0.15, 0.2) is 0 Å². The lowest BCUT2D eigenvalue weighted by Gasteiger charge is -2.34. The molecule has 0 heterocycles. The number of hydrogen-bond acceptors (Lipinski definition) is 2. The van der Waals surface area contributed by atoms with Crippen LogP contribution in [-0.4, -0.2) is 18.7 Å². The van der Waals surface area contributed by atoms with Crippen molar-refractivity contribution in [2.75, 3.05) is 7.11 Å². The molecule has 1 amide bonds. The highest BCUT2D eigenvalue weighted by Crippen LogP contribution is 2.46. The van der Waals surface area contributed by atoms with Gasteiger partial charge in [-0.25, -0.2) is 0 Å². The number of carbonyl (C=O) groups is 1. The van der Waals surface area contributed by atoms with Crippen LogP contribution < -0.4 is 5.32 Å². The van der Waals surface area contributed by atoms with Crippen LogP contribution >= 0.6 is 0 Å². The molecular formula is C10H15NO2. The van der Waals surface area contributed by atoms with Crippen molar-refractivity contribution in [3.63, 3.8) is 0 Å². The summed E-state index contributed by atoms with van der Waals surface area (Å²) in [5, 5.41) is 2.92. The third-order valence-electron chi connectivity index (χ3n) is 3.09. The summed E-state index contributed by atoms with van der Waals surface area (Å²) in [5.74, 6) is 0.950. The van der Waals surface area contributed by atoms with Crippen molar-refractivity contribution in [1.29, 1.82) is 0 Å². The van der Waals surface area contributed by atoms with Crippen LogP contribution in [0, 0.1) is 11.8 Å². The maximum Gasteiger partial charge on any atom is 0.219 e. The Balaban J connectivity index is 2.17. The Labute approximate surface area is 78.1 Å². The predicted molar refractivity (Wildman–Crippen MR) is 48.9 cm³/mol. The highest BCUT2D eigenvalue weighted by atomic mass is 16.5. The van der Waals surface area contributed by atoms with E-state index in [0.29, 0.717) is 11.8 Å². The summed E-state index contributed by atoms with van der Waals surface area (Å²) in [4.78, 5) is 11.0. The van der Waals surface area contributed by atoms with Crippen molar-refractivity contribution in [3.05, 3.63) is 12.2 Å². The lowest BCUT2D eigenvalue weighted by Crippen LogP contribution is -2.52. The fourth-order valence-electron chi connectivity index (χ4n) is 2.54. The molecule has 2 aliphatic carbocycles. The van der Waals surface area contributed by atoms with Crippen molar-refractivity contribution in [2.45, 2.75) is 25.5 Å². The third-order valence-corrected chi connectivity index (χ3v) is 3.09. The summed E-state index contributed by atoms with van der Waals surface area (Å²) in [6.45, 7) is 1.54. The molecule has 0 aromatic rings. The largest absolute Gasteiger partial charge is 0.358 e. The van der Waals surface area contributed by atoms with Crippen molar-refractivity contribution in [1.82, 2.24) is 5.32 Å². The Bertz CT molecular complexity index is 262. The average molecular weight is 181 g/mol. The van der Waals surface area contributed by atoms with Gasteiger partial charge in [0.2, 0.25) is 5.91 Å². The first kappa shape index (κ1) is 8.75. The second-order valence-corrected chi connectivity index (χ2v) is 3.97. The fraction of sp³-hybridized carbons (Fsp3) is 0.700. The number of carbonyl (C=O) groups excluding carboxylic acids is 1. The molecule has 1 N–H and O–H groups in total. The van der Waals surface area contributed by atoms with E-state index in [-0.39, 0.29) is 5.91 Å². The molecular weight excluding hydrogens is 166 g/mol. The van der Waals surface area contributed by atoms with Gasteiger partial charge in [-0.05, 0) is 12.3 Å². The number of allylic oxidation sites excluding steroid dienone is 1. The molecule has 0 aliphatic heterocycles. The molecule has 0 aromatic heterocycles. The zero-order chi connectivity index (χ0) is 9.47. The normalized spacial score (nSPS) is 41.1. The molecule has 0 spiro atoms. The smallest absolute Gasteiger partial charge is 0.219 e. The number of rotatable bonds is 2. The van der Waals surface area contributed by atoms with Crippen molar-refractivity contribution in [3.8, 4) is 0 Å². The molecule has 3 nitrogen and oxygen atoms in total. The van der Waals surface area contributed by atoms with Crippen LogP contribution in [0.2, 0.25) is 0 Å². The molecule has 1 fully saturated rings. The molecule has 0 radical (unpaired) electrons. The maximum atomic E-state index is 11.0. The molecule has 13 heavy (non-hydrogen) atoms. The number of hydrogen-bond donors (Lipinski definition) is 1. The first-order valence-corrected chi connectivity index (χ1v) is 4.68. The minimum absolute atomic E-state index is 0.0113. The highest BCUT2D eigenvalue weighted by Gasteiger charge is 2.49. The Morgan fingerprint density at radius 3 is 2.77 bits per heavy atom. The van der Waals surface area contributed by atoms with Crippen LogP contribution in [0.25, 0.3) is 0 Å². The number of fused-ring (bicyclic) bond motifs is 2. The summed E-state index contributed by atoms with van der Waals surface area (Å²) in [6, 6.07) is 0. The van der Waals surface area contributed by atoms with Crippen LogP contribution in [0.15, 0.2) is 12.2 Å². The molecule has 2 rings (SSSR count). The first-order chi connectivity index (χ1) is 6.16.